The van der Waals surface area contributed by atoms with E-state index in [1.54, 1.807) is 0 Å². The minimum absolute atomic E-state index is 0.194. The van der Waals surface area contributed by atoms with Gasteiger partial charge in [-0.15, -0.1) is 0 Å². The second-order valence-corrected chi connectivity index (χ2v) is 12.1. The highest BCUT2D eigenvalue weighted by Gasteiger charge is 2.62. The van der Waals surface area contributed by atoms with E-state index in [4.69, 9.17) is 0 Å². The number of hydrogen-bond acceptors (Lipinski definition) is 3. The predicted molar refractivity (Wildman–Crippen MR) is 126 cm³/mol. The van der Waals surface area contributed by atoms with Gasteiger partial charge in [0.15, 0.2) is 0 Å². The maximum absolute atomic E-state index is 11.5. The first kappa shape index (κ1) is 23.3. The Hall–Kier alpha value is -0.900. The van der Waals surface area contributed by atoms with Crippen molar-refractivity contribution >= 4 is 0 Å². The summed E-state index contributed by atoms with van der Waals surface area (Å²) >= 11 is 0. The third-order valence-corrected chi connectivity index (χ3v) is 10.1. The fourth-order valence-electron chi connectivity index (χ4n) is 7.50. The first-order chi connectivity index (χ1) is 14.4. The van der Waals surface area contributed by atoms with Gasteiger partial charge in [0, 0.05) is 11.8 Å². The third-order valence-electron chi connectivity index (χ3n) is 10.1. The Morgan fingerprint density at radius 3 is 2.42 bits per heavy atom. The molecule has 3 nitrogen and oxygen atoms in total. The Bertz CT molecular complexity index is 794. The monoisotopic (exact) mass is 428 g/mol. The lowest BCUT2D eigenvalue weighted by Crippen LogP contribution is -2.62. The van der Waals surface area contributed by atoms with E-state index in [2.05, 4.69) is 59.8 Å². The maximum atomic E-state index is 11.5. The molecule has 174 valence electrons. The Morgan fingerprint density at radius 1 is 1.03 bits per heavy atom. The van der Waals surface area contributed by atoms with Gasteiger partial charge < -0.3 is 15.3 Å². The highest BCUT2D eigenvalue weighted by molar-refractivity contribution is 5.50. The van der Waals surface area contributed by atoms with E-state index in [1.165, 1.54) is 17.6 Å². The van der Waals surface area contributed by atoms with E-state index >= 15 is 0 Å². The largest absolute Gasteiger partial charge is 0.393 e. The van der Waals surface area contributed by atoms with E-state index in [-0.39, 0.29) is 11.8 Å². The Kier molecular flexibility index (Phi) is 5.89. The number of allylic oxidation sites excluding steroid dienone is 4. The molecule has 2 fully saturated rings. The predicted octanol–water partition coefficient (Wildman–Crippen LogP) is 5.42. The molecule has 0 radical (unpaired) electrons. The molecule has 0 heterocycles. The molecule has 0 aromatic heterocycles. The second kappa shape index (κ2) is 7.85. The molecular formula is C28H44O3. The van der Waals surface area contributed by atoms with Gasteiger partial charge in [0.1, 0.15) is 11.7 Å². The van der Waals surface area contributed by atoms with Gasteiger partial charge in [-0.2, -0.15) is 0 Å². The molecule has 0 aromatic carbocycles. The molecule has 3 heteroatoms. The smallest absolute Gasteiger partial charge is 0.106 e. The van der Waals surface area contributed by atoms with Crippen LogP contribution in [0.3, 0.4) is 0 Å². The quantitative estimate of drug-likeness (QED) is 0.524. The zero-order chi connectivity index (χ0) is 22.8. The van der Waals surface area contributed by atoms with Crippen LogP contribution in [0.15, 0.2) is 35.5 Å². The molecule has 9 atom stereocenters. The van der Waals surface area contributed by atoms with Crippen molar-refractivity contribution in [2.45, 2.75) is 97.9 Å². The molecule has 4 rings (SSSR count). The lowest BCUT2D eigenvalue weighted by Gasteiger charge is -2.58. The standard InChI is InChI=1S/C28H44O3/c1-17(2)18(3)7-8-19(4)22-9-10-23-21-15-25(30)28(31)16-20(29)11-14-27(28,6)24(21)12-13-26(22,23)5/h7-8,12,15,17-20,22-23,25,29-31H,9-11,13-14,16H2,1-6H3/b8-7+. The van der Waals surface area contributed by atoms with Crippen molar-refractivity contribution in [3.8, 4) is 0 Å². The molecule has 0 amide bonds. The number of hydrogen-bond donors (Lipinski definition) is 3. The number of fused-ring (bicyclic) bond motifs is 5. The van der Waals surface area contributed by atoms with Crippen LogP contribution >= 0.6 is 0 Å². The van der Waals surface area contributed by atoms with Crippen molar-refractivity contribution in [3.63, 3.8) is 0 Å². The topological polar surface area (TPSA) is 60.7 Å². The maximum Gasteiger partial charge on any atom is 0.106 e. The zero-order valence-corrected chi connectivity index (χ0v) is 20.4. The van der Waals surface area contributed by atoms with Crippen molar-refractivity contribution in [3.05, 3.63) is 35.5 Å². The van der Waals surface area contributed by atoms with Crippen molar-refractivity contribution in [2.24, 2.45) is 40.4 Å². The van der Waals surface area contributed by atoms with Crippen LogP contribution in [0.2, 0.25) is 0 Å². The fraction of sp³-hybridized carbons (Fsp3) is 0.786. The van der Waals surface area contributed by atoms with Crippen LogP contribution in [0.1, 0.15) is 80.1 Å². The third kappa shape index (κ3) is 3.42. The summed E-state index contributed by atoms with van der Waals surface area (Å²) in [7, 11) is 0. The summed E-state index contributed by atoms with van der Waals surface area (Å²) < 4.78 is 0. The molecule has 0 bridgehead atoms. The number of rotatable bonds is 4. The van der Waals surface area contributed by atoms with Crippen LogP contribution in [0.5, 0.6) is 0 Å². The summed E-state index contributed by atoms with van der Waals surface area (Å²) in [6, 6.07) is 0. The lowest BCUT2D eigenvalue weighted by molar-refractivity contribution is -0.173. The van der Waals surface area contributed by atoms with Crippen LogP contribution in [0.4, 0.5) is 0 Å². The summed E-state index contributed by atoms with van der Waals surface area (Å²) in [4.78, 5) is 0. The summed E-state index contributed by atoms with van der Waals surface area (Å²) in [6.07, 6.45) is 12.9. The van der Waals surface area contributed by atoms with E-state index in [0.717, 1.165) is 19.3 Å². The highest BCUT2D eigenvalue weighted by atomic mass is 16.3. The SMILES string of the molecule is CC(C)C(C)/C=C/C(C)C1CCC2C3=CC(O)C4(O)CC(O)CCC4(C)C3=CCC21C. The van der Waals surface area contributed by atoms with Gasteiger partial charge in [0.25, 0.3) is 0 Å². The van der Waals surface area contributed by atoms with Crippen molar-refractivity contribution in [2.75, 3.05) is 0 Å². The lowest BCUT2D eigenvalue weighted by atomic mass is 9.49. The first-order valence-corrected chi connectivity index (χ1v) is 12.6. The second-order valence-electron chi connectivity index (χ2n) is 12.1. The molecule has 4 aliphatic carbocycles. The fourth-order valence-corrected chi connectivity index (χ4v) is 7.50. The minimum Gasteiger partial charge on any atom is -0.393 e. The summed E-state index contributed by atoms with van der Waals surface area (Å²) in [5.41, 5.74) is 0.994. The van der Waals surface area contributed by atoms with E-state index < -0.39 is 23.2 Å². The van der Waals surface area contributed by atoms with Crippen molar-refractivity contribution in [1.82, 2.24) is 0 Å². The van der Waals surface area contributed by atoms with Crippen molar-refractivity contribution in [1.29, 1.82) is 0 Å². The van der Waals surface area contributed by atoms with E-state index in [9.17, 15) is 15.3 Å². The molecule has 0 saturated heterocycles. The van der Waals surface area contributed by atoms with Crippen LogP contribution in [-0.4, -0.2) is 33.1 Å². The molecule has 31 heavy (non-hydrogen) atoms. The Labute approximate surface area is 189 Å². The van der Waals surface area contributed by atoms with Gasteiger partial charge in [-0.05, 0) is 84.3 Å². The highest BCUT2D eigenvalue weighted by Crippen LogP contribution is 2.65. The average Bonchev–Trinajstić information content (AvgIpc) is 3.05. The van der Waals surface area contributed by atoms with Crippen LogP contribution < -0.4 is 0 Å². The van der Waals surface area contributed by atoms with Gasteiger partial charge in [-0.1, -0.05) is 59.8 Å². The Balaban J connectivity index is 1.65. The first-order valence-electron chi connectivity index (χ1n) is 12.6. The summed E-state index contributed by atoms with van der Waals surface area (Å²) in [5.74, 6) is 2.88. The molecular weight excluding hydrogens is 384 g/mol. The van der Waals surface area contributed by atoms with Crippen LogP contribution in [-0.2, 0) is 0 Å². The molecule has 2 saturated carbocycles. The number of aliphatic hydroxyl groups is 3. The molecule has 0 aromatic rings. The molecule has 0 spiro atoms. The average molecular weight is 429 g/mol. The summed E-state index contributed by atoms with van der Waals surface area (Å²) in [5, 5.41) is 32.9. The molecule has 4 aliphatic rings. The summed E-state index contributed by atoms with van der Waals surface area (Å²) in [6.45, 7) is 13.8. The molecule has 9 unspecified atom stereocenters. The van der Waals surface area contributed by atoms with Gasteiger partial charge in [0.2, 0.25) is 0 Å². The zero-order valence-electron chi connectivity index (χ0n) is 20.4. The molecule has 3 N–H and O–H groups in total. The van der Waals surface area contributed by atoms with Crippen LogP contribution in [0.25, 0.3) is 0 Å². The normalized spacial score (nSPS) is 46.8. The van der Waals surface area contributed by atoms with Crippen LogP contribution in [0, 0.1) is 40.4 Å². The number of aliphatic hydroxyl groups excluding tert-OH is 2. The Morgan fingerprint density at radius 2 is 1.74 bits per heavy atom. The minimum atomic E-state index is -1.27. The van der Waals surface area contributed by atoms with E-state index in [1.807, 2.05) is 6.08 Å². The van der Waals surface area contributed by atoms with E-state index in [0.29, 0.717) is 36.0 Å². The van der Waals surface area contributed by atoms with Gasteiger partial charge in [-0.25, -0.2) is 0 Å². The van der Waals surface area contributed by atoms with Crippen molar-refractivity contribution < 1.29 is 15.3 Å². The van der Waals surface area contributed by atoms with Gasteiger partial charge in [-0.3, -0.25) is 0 Å². The molecule has 0 aliphatic heterocycles. The van der Waals surface area contributed by atoms with Gasteiger partial charge in [0.05, 0.1) is 6.10 Å². The van der Waals surface area contributed by atoms with Gasteiger partial charge >= 0.3 is 0 Å².